The van der Waals surface area contributed by atoms with E-state index in [4.69, 9.17) is 11.6 Å². The molecular formula is C21H21ClN2O3S2. The SMILES string of the molecule is CCc1sc(NC(=O)C(C)(C)S(=O)(=O)c2ccc(Cl)cc2)nc1-c1ccccc1. The van der Waals surface area contributed by atoms with Crippen LogP contribution in [0.15, 0.2) is 59.5 Å². The van der Waals surface area contributed by atoms with Gasteiger partial charge >= 0.3 is 0 Å². The van der Waals surface area contributed by atoms with Gasteiger partial charge in [-0.15, -0.1) is 11.3 Å². The summed E-state index contributed by atoms with van der Waals surface area (Å²) in [6.07, 6.45) is 0.754. The lowest BCUT2D eigenvalue weighted by Gasteiger charge is -2.23. The third-order valence-electron chi connectivity index (χ3n) is 4.63. The van der Waals surface area contributed by atoms with E-state index in [9.17, 15) is 13.2 Å². The Morgan fingerprint density at radius 1 is 1.10 bits per heavy atom. The van der Waals surface area contributed by atoms with Gasteiger partial charge in [0.25, 0.3) is 0 Å². The van der Waals surface area contributed by atoms with Crippen molar-refractivity contribution in [1.29, 1.82) is 0 Å². The van der Waals surface area contributed by atoms with Gasteiger partial charge in [-0.3, -0.25) is 4.79 Å². The lowest BCUT2D eigenvalue weighted by Crippen LogP contribution is -2.44. The van der Waals surface area contributed by atoms with Crippen molar-refractivity contribution in [2.75, 3.05) is 5.32 Å². The Bertz CT molecular complexity index is 1120. The molecule has 0 bridgehead atoms. The minimum absolute atomic E-state index is 0.0420. The van der Waals surface area contributed by atoms with E-state index in [1.807, 2.05) is 37.3 Å². The standard InChI is InChI=1S/C21H21ClN2O3S2/c1-4-17-18(14-8-6-5-7-9-14)23-20(28-17)24-19(25)21(2,3)29(26,27)16-12-10-15(22)11-13-16/h5-13H,4H2,1-3H3,(H,23,24,25). The highest BCUT2D eigenvalue weighted by Crippen LogP contribution is 2.33. The van der Waals surface area contributed by atoms with Crippen molar-refractivity contribution in [1.82, 2.24) is 4.98 Å². The molecule has 3 aromatic rings. The van der Waals surface area contributed by atoms with Crippen LogP contribution in [0.4, 0.5) is 5.13 Å². The first-order valence-corrected chi connectivity index (χ1v) is 11.7. The lowest BCUT2D eigenvalue weighted by molar-refractivity contribution is -0.117. The largest absolute Gasteiger partial charge is 0.301 e. The molecular weight excluding hydrogens is 428 g/mol. The van der Waals surface area contributed by atoms with Crippen LogP contribution < -0.4 is 5.32 Å². The summed E-state index contributed by atoms with van der Waals surface area (Å²) in [5, 5.41) is 3.50. The van der Waals surface area contributed by atoms with Gasteiger partial charge in [0.2, 0.25) is 5.91 Å². The Morgan fingerprint density at radius 3 is 2.31 bits per heavy atom. The highest BCUT2D eigenvalue weighted by Gasteiger charge is 2.43. The molecule has 0 radical (unpaired) electrons. The summed E-state index contributed by atoms with van der Waals surface area (Å²) in [5.74, 6) is -0.636. The zero-order valence-electron chi connectivity index (χ0n) is 16.3. The fraction of sp³-hybridized carbons (Fsp3) is 0.238. The molecule has 29 heavy (non-hydrogen) atoms. The van der Waals surface area contributed by atoms with Crippen LogP contribution in [0, 0.1) is 0 Å². The molecule has 0 fully saturated rings. The van der Waals surface area contributed by atoms with E-state index in [-0.39, 0.29) is 4.90 Å². The smallest absolute Gasteiger partial charge is 0.247 e. The number of thiazole rings is 1. The third-order valence-corrected chi connectivity index (χ3v) is 8.42. The number of halogens is 1. The summed E-state index contributed by atoms with van der Waals surface area (Å²) in [5.41, 5.74) is 1.75. The Labute approximate surface area is 179 Å². The Hall–Kier alpha value is -2.22. The molecule has 0 unspecified atom stereocenters. The lowest BCUT2D eigenvalue weighted by atomic mass is 10.1. The maximum Gasteiger partial charge on any atom is 0.247 e. The molecule has 0 aliphatic carbocycles. The zero-order valence-corrected chi connectivity index (χ0v) is 18.7. The maximum absolute atomic E-state index is 13.0. The van der Waals surface area contributed by atoms with Crippen LogP contribution in [0.5, 0.6) is 0 Å². The van der Waals surface area contributed by atoms with Gasteiger partial charge < -0.3 is 5.32 Å². The molecule has 0 spiro atoms. The molecule has 152 valence electrons. The fourth-order valence-corrected chi connectivity index (χ4v) is 5.17. The molecule has 1 amide bonds. The maximum atomic E-state index is 13.0. The van der Waals surface area contributed by atoms with Gasteiger partial charge in [0.05, 0.1) is 10.6 Å². The highest BCUT2D eigenvalue weighted by atomic mass is 35.5. The van der Waals surface area contributed by atoms with E-state index in [2.05, 4.69) is 10.3 Å². The van der Waals surface area contributed by atoms with Crippen molar-refractivity contribution >= 4 is 43.8 Å². The van der Waals surface area contributed by atoms with Gasteiger partial charge in [0.15, 0.2) is 15.0 Å². The predicted molar refractivity (Wildman–Crippen MR) is 118 cm³/mol. The van der Waals surface area contributed by atoms with Crippen LogP contribution in [0.1, 0.15) is 25.6 Å². The quantitative estimate of drug-likeness (QED) is 0.561. The first-order valence-electron chi connectivity index (χ1n) is 9.03. The van der Waals surface area contributed by atoms with Crippen LogP contribution in [-0.4, -0.2) is 24.1 Å². The van der Waals surface area contributed by atoms with Crippen molar-refractivity contribution in [3.63, 3.8) is 0 Å². The summed E-state index contributed by atoms with van der Waals surface area (Å²) in [6, 6.07) is 15.5. The van der Waals surface area contributed by atoms with Crippen LogP contribution in [0.3, 0.4) is 0 Å². The number of amides is 1. The number of hydrogen-bond acceptors (Lipinski definition) is 5. The number of anilines is 1. The Morgan fingerprint density at radius 2 is 1.72 bits per heavy atom. The second-order valence-electron chi connectivity index (χ2n) is 6.93. The molecule has 0 atom stereocenters. The number of aryl methyl sites for hydroxylation is 1. The van der Waals surface area contributed by atoms with E-state index < -0.39 is 20.5 Å². The Kier molecular flexibility index (Phi) is 6.12. The van der Waals surface area contributed by atoms with E-state index in [1.165, 1.54) is 49.4 Å². The van der Waals surface area contributed by atoms with Crippen molar-refractivity contribution in [2.45, 2.75) is 36.8 Å². The van der Waals surface area contributed by atoms with E-state index >= 15 is 0 Å². The number of hydrogen-bond donors (Lipinski definition) is 1. The number of sulfone groups is 1. The molecule has 2 aromatic carbocycles. The number of nitrogens with zero attached hydrogens (tertiary/aromatic N) is 1. The topological polar surface area (TPSA) is 76.1 Å². The predicted octanol–water partition coefficient (Wildman–Crippen LogP) is 5.22. The fourth-order valence-electron chi connectivity index (χ4n) is 2.74. The van der Waals surface area contributed by atoms with Crippen LogP contribution >= 0.6 is 22.9 Å². The molecule has 1 aromatic heterocycles. The van der Waals surface area contributed by atoms with Gasteiger partial charge in [-0.05, 0) is 44.5 Å². The van der Waals surface area contributed by atoms with Gasteiger partial charge in [-0.2, -0.15) is 0 Å². The molecule has 1 N–H and O–H groups in total. The second-order valence-corrected chi connectivity index (χ2v) is 11.0. The first-order chi connectivity index (χ1) is 13.7. The molecule has 1 heterocycles. The summed E-state index contributed by atoms with van der Waals surface area (Å²) in [4.78, 5) is 18.5. The first kappa shape index (κ1) is 21.5. The number of rotatable bonds is 6. The monoisotopic (exact) mass is 448 g/mol. The average Bonchev–Trinajstić information content (AvgIpc) is 3.11. The van der Waals surface area contributed by atoms with Gasteiger partial charge in [-0.1, -0.05) is 48.9 Å². The minimum Gasteiger partial charge on any atom is -0.301 e. The normalized spacial score (nSPS) is 12.0. The van der Waals surface area contributed by atoms with Crippen LogP contribution in [0.2, 0.25) is 5.02 Å². The van der Waals surface area contributed by atoms with E-state index in [1.54, 1.807) is 0 Å². The number of benzene rings is 2. The third kappa shape index (κ3) is 4.22. The molecule has 5 nitrogen and oxygen atoms in total. The number of nitrogens with one attached hydrogen (secondary N) is 1. The Balaban J connectivity index is 1.89. The molecule has 0 aliphatic rings. The summed E-state index contributed by atoms with van der Waals surface area (Å²) >= 11 is 7.20. The minimum atomic E-state index is -3.93. The van der Waals surface area contributed by atoms with E-state index in [0.29, 0.717) is 10.2 Å². The summed E-state index contributed by atoms with van der Waals surface area (Å²) in [6.45, 7) is 4.79. The second kappa shape index (κ2) is 8.26. The van der Waals surface area contributed by atoms with Crippen LogP contribution in [0.25, 0.3) is 11.3 Å². The molecule has 0 aliphatic heterocycles. The zero-order chi connectivity index (χ0) is 21.2. The molecule has 0 saturated heterocycles. The van der Waals surface area contributed by atoms with Crippen molar-refractivity contribution in [3.8, 4) is 11.3 Å². The average molecular weight is 449 g/mol. The van der Waals surface area contributed by atoms with E-state index in [0.717, 1.165) is 22.6 Å². The number of carbonyl (C=O) groups excluding carboxylic acids is 1. The van der Waals surface area contributed by atoms with Crippen molar-refractivity contribution < 1.29 is 13.2 Å². The molecule has 0 saturated carbocycles. The summed E-state index contributed by atoms with van der Waals surface area (Å²) in [7, 11) is -3.93. The van der Waals surface area contributed by atoms with Gasteiger partial charge in [0.1, 0.15) is 4.75 Å². The van der Waals surface area contributed by atoms with Crippen LogP contribution in [-0.2, 0) is 21.1 Å². The summed E-state index contributed by atoms with van der Waals surface area (Å²) < 4.78 is 24.4. The van der Waals surface area contributed by atoms with Crippen molar-refractivity contribution in [3.05, 3.63) is 64.5 Å². The van der Waals surface area contributed by atoms with Gasteiger partial charge in [-0.25, -0.2) is 13.4 Å². The highest BCUT2D eigenvalue weighted by molar-refractivity contribution is 7.93. The molecule has 8 heteroatoms. The molecule has 3 rings (SSSR count). The number of carbonyl (C=O) groups is 1. The number of aromatic nitrogens is 1. The van der Waals surface area contributed by atoms with Gasteiger partial charge in [0, 0.05) is 15.5 Å². The van der Waals surface area contributed by atoms with Crippen molar-refractivity contribution in [2.24, 2.45) is 0 Å².